The van der Waals surface area contributed by atoms with Crippen LogP contribution in [0.2, 0.25) is 0 Å². The van der Waals surface area contributed by atoms with Crippen molar-refractivity contribution in [2.45, 2.75) is 12.1 Å². The number of carbonyl (C=O) groups is 1. The number of anilines is 1. The number of sulfone groups is 1. The lowest BCUT2D eigenvalue weighted by atomic mass is 10.1. The molecular formula is C16H23N3O5S. The summed E-state index contributed by atoms with van der Waals surface area (Å²) in [5.41, 5.74) is 0.569. The summed E-state index contributed by atoms with van der Waals surface area (Å²) in [5, 5.41) is 2.83. The van der Waals surface area contributed by atoms with Gasteiger partial charge in [0.15, 0.2) is 21.3 Å². The Morgan fingerprint density at radius 1 is 1.12 bits per heavy atom. The number of carbonyl (C=O) groups excluding carboxylic acids is 1. The molecule has 2 fully saturated rings. The van der Waals surface area contributed by atoms with Crippen molar-refractivity contribution in [3.63, 3.8) is 0 Å². The van der Waals surface area contributed by atoms with Crippen LogP contribution in [0.4, 0.5) is 10.5 Å². The van der Waals surface area contributed by atoms with E-state index in [-0.39, 0.29) is 29.6 Å². The number of rotatable bonds is 3. The summed E-state index contributed by atoms with van der Waals surface area (Å²) in [6.07, 6.45) is 0. The van der Waals surface area contributed by atoms with E-state index in [0.29, 0.717) is 30.3 Å². The highest BCUT2D eigenvalue weighted by Gasteiger charge is 2.46. The Hall–Kier alpha value is -2.00. The monoisotopic (exact) mass is 369 g/mol. The summed E-state index contributed by atoms with van der Waals surface area (Å²) >= 11 is 0. The molecule has 2 saturated heterocycles. The fraction of sp³-hybridized carbons (Fsp3) is 0.562. The molecule has 8 nitrogen and oxygen atoms in total. The first-order valence-electron chi connectivity index (χ1n) is 8.05. The Labute approximate surface area is 147 Å². The van der Waals surface area contributed by atoms with E-state index in [9.17, 15) is 13.2 Å². The standard InChI is InChI=1S/C16H23N3O5S/c1-18-6-7-19(13-10-25(21,22)9-12(13)18)16(20)17-11-4-5-14(23-2)15(8-11)24-3/h4-5,8,12-13H,6-7,9-10H2,1-3H3,(H,17,20)/t12-,13+/m0/s1. The smallest absolute Gasteiger partial charge is 0.322 e. The predicted molar refractivity (Wildman–Crippen MR) is 94.1 cm³/mol. The molecule has 0 spiro atoms. The predicted octanol–water partition coefficient (Wildman–Crippen LogP) is 0.649. The van der Waals surface area contributed by atoms with Crippen LogP contribution in [0.1, 0.15) is 0 Å². The van der Waals surface area contributed by atoms with Gasteiger partial charge in [-0.1, -0.05) is 0 Å². The summed E-state index contributed by atoms with van der Waals surface area (Å²) < 4.78 is 34.4. The first-order valence-corrected chi connectivity index (χ1v) is 9.87. The molecule has 25 heavy (non-hydrogen) atoms. The van der Waals surface area contributed by atoms with Crippen LogP contribution < -0.4 is 14.8 Å². The van der Waals surface area contributed by atoms with Crippen LogP contribution in [0.5, 0.6) is 11.5 Å². The van der Waals surface area contributed by atoms with Crippen LogP contribution in [0.25, 0.3) is 0 Å². The van der Waals surface area contributed by atoms with Crippen molar-refractivity contribution in [3.05, 3.63) is 18.2 Å². The van der Waals surface area contributed by atoms with Crippen molar-refractivity contribution in [3.8, 4) is 11.5 Å². The maximum Gasteiger partial charge on any atom is 0.322 e. The number of hydrogen-bond donors (Lipinski definition) is 1. The third kappa shape index (κ3) is 3.52. The Morgan fingerprint density at radius 2 is 1.80 bits per heavy atom. The molecule has 1 aromatic carbocycles. The number of nitrogens with zero attached hydrogens (tertiary/aromatic N) is 2. The molecule has 0 bridgehead atoms. The number of hydrogen-bond acceptors (Lipinski definition) is 6. The highest BCUT2D eigenvalue weighted by Crippen LogP contribution is 2.31. The van der Waals surface area contributed by atoms with Crippen molar-refractivity contribution in [1.82, 2.24) is 9.80 Å². The lowest BCUT2D eigenvalue weighted by molar-refractivity contribution is 0.0892. The average molecular weight is 369 g/mol. The van der Waals surface area contributed by atoms with Gasteiger partial charge in [-0.25, -0.2) is 13.2 Å². The lowest BCUT2D eigenvalue weighted by Gasteiger charge is -2.42. The Bertz CT molecular complexity index is 767. The van der Waals surface area contributed by atoms with Gasteiger partial charge < -0.3 is 19.7 Å². The number of likely N-dealkylation sites (N-methyl/N-ethyl adjacent to an activating group) is 1. The molecule has 1 N–H and O–H groups in total. The normalized spacial score (nSPS) is 25.3. The van der Waals surface area contributed by atoms with Crippen molar-refractivity contribution in [2.75, 3.05) is 51.2 Å². The SMILES string of the molecule is COc1ccc(NC(=O)N2CCN(C)[C@H]3CS(=O)(=O)C[C@H]32)cc1OC. The minimum Gasteiger partial charge on any atom is -0.493 e. The fourth-order valence-electron chi connectivity index (χ4n) is 3.49. The van der Waals surface area contributed by atoms with Gasteiger partial charge in [-0.2, -0.15) is 0 Å². The second-order valence-electron chi connectivity index (χ2n) is 6.39. The van der Waals surface area contributed by atoms with Gasteiger partial charge in [0, 0.05) is 30.9 Å². The van der Waals surface area contributed by atoms with E-state index < -0.39 is 9.84 Å². The molecule has 2 aliphatic heterocycles. The zero-order chi connectivity index (χ0) is 18.2. The molecule has 2 aliphatic rings. The third-order valence-electron chi connectivity index (χ3n) is 4.85. The number of fused-ring (bicyclic) bond motifs is 1. The summed E-state index contributed by atoms with van der Waals surface area (Å²) in [6, 6.07) is 4.35. The van der Waals surface area contributed by atoms with Gasteiger partial charge in [-0.3, -0.25) is 4.90 Å². The van der Waals surface area contributed by atoms with E-state index in [1.807, 2.05) is 11.9 Å². The van der Waals surface area contributed by atoms with E-state index in [1.54, 1.807) is 30.2 Å². The minimum absolute atomic E-state index is 0.0152. The number of amides is 2. The quantitative estimate of drug-likeness (QED) is 0.842. The number of ether oxygens (including phenoxy) is 2. The molecule has 3 rings (SSSR count). The molecule has 1 aromatic rings. The third-order valence-corrected chi connectivity index (χ3v) is 6.55. The first kappa shape index (κ1) is 17.8. The molecule has 2 amide bonds. The van der Waals surface area contributed by atoms with Crippen LogP contribution in [-0.2, 0) is 9.84 Å². The largest absolute Gasteiger partial charge is 0.493 e. The van der Waals surface area contributed by atoms with Crippen molar-refractivity contribution >= 4 is 21.6 Å². The maximum atomic E-state index is 12.7. The van der Waals surface area contributed by atoms with Crippen molar-refractivity contribution < 1.29 is 22.7 Å². The summed E-state index contributed by atoms with van der Waals surface area (Å²) in [7, 11) is 1.85. The van der Waals surface area contributed by atoms with E-state index in [2.05, 4.69) is 5.32 Å². The number of piperazine rings is 1. The van der Waals surface area contributed by atoms with Gasteiger partial charge in [-0.15, -0.1) is 0 Å². The van der Waals surface area contributed by atoms with Gasteiger partial charge in [0.1, 0.15) is 0 Å². The van der Waals surface area contributed by atoms with Gasteiger partial charge in [-0.05, 0) is 19.2 Å². The Morgan fingerprint density at radius 3 is 2.48 bits per heavy atom. The van der Waals surface area contributed by atoms with Crippen LogP contribution in [0.3, 0.4) is 0 Å². The highest BCUT2D eigenvalue weighted by atomic mass is 32.2. The molecule has 0 aromatic heterocycles. The number of urea groups is 1. The average Bonchev–Trinajstić information content (AvgIpc) is 2.90. The first-order chi connectivity index (χ1) is 11.8. The van der Waals surface area contributed by atoms with Crippen molar-refractivity contribution in [1.29, 1.82) is 0 Å². The zero-order valence-corrected chi connectivity index (χ0v) is 15.4. The van der Waals surface area contributed by atoms with Crippen LogP contribution >= 0.6 is 0 Å². The molecule has 138 valence electrons. The lowest BCUT2D eigenvalue weighted by Crippen LogP contribution is -2.60. The van der Waals surface area contributed by atoms with E-state index >= 15 is 0 Å². The van der Waals surface area contributed by atoms with Crippen LogP contribution in [0, 0.1) is 0 Å². The molecule has 0 radical (unpaired) electrons. The fourth-order valence-corrected chi connectivity index (χ4v) is 5.54. The number of benzene rings is 1. The summed E-state index contributed by atoms with van der Waals surface area (Å²) in [4.78, 5) is 16.4. The molecule has 0 aliphatic carbocycles. The topological polar surface area (TPSA) is 88.2 Å². The molecule has 0 saturated carbocycles. The second kappa shape index (κ2) is 6.72. The molecule has 2 heterocycles. The molecule has 9 heteroatoms. The minimum atomic E-state index is -3.12. The zero-order valence-electron chi connectivity index (χ0n) is 14.6. The van der Waals surface area contributed by atoms with Gasteiger partial charge >= 0.3 is 6.03 Å². The van der Waals surface area contributed by atoms with Crippen molar-refractivity contribution in [2.24, 2.45) is 0 Å². The van der Waals surface area contributed by atoms with Gasteiger partial charge in [0.2, 0.25) is 0 Å². The number of nitrogens with one attached hydrogen (secondary N) is 1. The van der Waals surface area contributed by atoms with E-state index in [1.165, 1.54) is 7.11 Å². The van der Waals surface area contributed by atoms with E-state index in [0.717, 1.165) is 0 Å². The second-order valence-corrected chi connectivity index (χ2v) is 8.54. The van der Waals surface area contributed by atoms with Gasteiger partial charge in [0.05, 0.1) is 31.8 Å². The Balaban J connectivity index is 1.77. The molecule has 0 unspecified atom stereocenters. The summed E-state index contributed by atoms with van der Waals surface area (Å²) in [6.45, 7) is 1.14. The Kier molecular flexibility index (Phi) is 4.79. The maximum absolute atomic E-state index is 12.7. The summed E-state index contributed by atoms with van der Waals surface area (Å²) in [5.74, 6) is 1.21. The molecule has 2 atom stereocenters. The van der Waals surface area contributed by atoms with Crippen LogP contribution in [-0.4, -0.2) is 82.2 Å². The highest BCUT2D eigenvalue weighted by molar-refractivity contribution is 7.91. The van der Waals surface area contributed by atoms with Crippen LogP contribution in [0.15, 0.2) is 18.2 Å². The number of methoxy groups -OCH3 is 2. The molecular weight excluding hydrogens is 346 g/mol. The van der Waals surface area contributed by atoms with Gasteiger partial charge in [0.25, 0.3) is 0 Å². The van der Waals surface area contributed by atoms with E-state index in [4.69, 9.17) is 9.47 Å².